The average Bonchev–Trinajstić information content (AvgIpc) is 1.96. The lowest BCUT2D eigenvalue weighted by molar-refractivity contribution is -0.129. The summed E-state index contributed by atoms with van der Waals surface area (Å²) in [6.07, 6.45) is 2.00. The maximum absolute atomic E-state index is 10.8. The van der Waals surface area contributed by atoms with Crippen molar-refractivity contribution in [2.75, 3.05) is 0 Å². The molecular weight excluding hydrogens is 198 g/mol. The molecule has 1 heterocycles. The van der Waals surface area contributed by atoms with Gasteiger partial charge in [0.15, 0.2) is 0 Å². The molecule has 0 radical (unpaired) electrons. The normalized spacial score (nSPS) is 27.5. The molecule has 56 valence electrons. The number of imide groups is 1. The first-order chi connectivity index (χ1) is 4.70. The minimum atomic E-state index is -0.206. The van der Waals surface area contributed by atoms with Gasteiger partial charge in [-0.15, -0.1) is 0 Å². The Morgan fingerprint density at radius 2 is 2.20 bits per heavy atom. The zero-order chi connectivity index (χ0) is 7.56. The third kappa shape index (κ3) is 1.80. The zero-order valence-electron chi connectivity index (χ0n) is 5.39. The molecule has 2 amide bonds. The van der Waals surface area contributed by atoms with Gasteiger partial charge in [-0.1, -0.05) is 15.9 Å². The van der Waals surface area contributed by atoms with E-state index in [4.69, 9.17) is 0 Å². The van der Waals surface area contributed by atoms with Gasteiger partial charge in [-0.2, -0.15) is 0 Å². The first-order valence-electron chi connectivity index (χ1n) is 3.18. The molecule has 10 heavy (non-hydrogen) atoms. The minimum absolute atomic E-state index is 0.160. The number of alkyl halides is 1. The Morgan fingerprint density at radius 3 is 2.90 bits per heavy atom. The van der Waals surface area contributed by atoms with Crippen LogP contribution in [0.5, 0.6) is 0 Å². The standard InChI is InChI=1S/C6H8BrNO2/c7-4-2-1-3-5(9)8-6(4)10/h4H,1-3H2,(H,8,9,10). The van der Waals surface area contributed by atoms with E-state index in [9.17, 15) is 9.59 Å². The van der Waals surface area contributed by atoms with Crippen molar-refractivity contribution in [3.05, 3.63) is 0 Å². The fourth-order valence-electron chi connectivity index (χ4n) is 0.851. The van der Waals surface area contributed by atoms with Crippen LogP contribution in [0.4, 0.5) is 0 Å². The van der Waals surface area contributed by atoms with Crippen molar-refractivity contribution in [3.63, 3.8) is 0 Å². The summed E-state index contributed by atoms with van der Waals surface area (Å²) in [6, 6.07) is 0. The number of halogens is 1. The van der Waals surface area contributed by atoms with Gasteiger partial charge in [0.1, 0.15) is 0 Å². The van der Waals surface area contributed by atoms with Gasteiger partial charge in [-0.25, -0.2) is 0 Å². The second kappa shape index (κ2) is 3.14. The second-order valence-corrected chi connectivity index (χ2v) is 3.38. The van der Waals surface area contributed by atoms with Gasteiger partial charge in [0.2, 0.25) is 11.8 Å². The maximum atomic E-state index is 10.8. The fraction of sp³-hybridized carbons (Fsp3) is 0.667. The highest BCUT2D eigenvalue weighted by molar-refractivity contribution is 9.10. The molecular formula is C6H8BrNO2. The molecule has 0 aromatic rings. The highest BCUT2D eigenvalue weighted by Crippen LogP contribution is 2.12. The smallest absolute Gasteiger partial charge is 0.240 e. The summed E-state index contributed by atoms with van der Waals surface area (Å²) >= 11 is 3.17. The second-order valence-electron chi connectivity index (χ2n) is 2.27. The zero-order valence-corrected chi connectivity index (χ0v) is 6.98. The highest BCUT2D eigenvalue weighted by Gasteiger charge is 2.20. The summed E-state index contributed by atoms with van der Waals surface area (Å²) < 4.78 is 0. The molecule has 1 atom stereocenters. The fourth-order valence-corrected chi connectivity index (χ4v) is 1.29. The van der Waals surface area contributed by atoms with Gasteiger partial charge in [-0.3, -0.25) is 14.9 Å². The van der Waals surface area contributed by atoms with Gasteiger partial charge >= 0.3 is 0 Å². The molecule has 0 aliphatic carbocycles. The molecule has 1 N–H and O–H groups in total. The lowest BCUT2D eigenvalue weighted by Crippen LogP contribution is -2.32. The monoisotopic (exact) mass is 205 g/mol. The van der Waals surface area contributed by atoms with Gasteiger partial charge in [-0.05, 0) is 12.8 Å². The minimum Gasteiger partial charge on any atom is -0.295 e. The van der Waals surface area contributed by atoms with E-state index in [2.05, 4.69) is 21.2 Å². The summed E-state index contributed by atoms with van der Waals surface area (Å²) in [7, 11) is 0. The molecule has 1 fully saturated rings. The summed E-state index contributed by atoms with van der Waals surface area (Å²) in [4.78, 5) is 21.4. The summed E-state index contributed by atoms with van der Waals surface area (Å²) in [6.45, 7) is 0. The Morgan fingerprint density at radius 1 is 1.50 bits per heavy atom. The van der Waals surface area contributed by atoms with E-state index in [1.54, 1.807) is 0 Å². The van der Waals surface area contributed by atoms with Crippen molar-refractivity contribution in [2.45, 2.75) is 24.1 Å². The number of rotatable bonds is 0. The number of nitrogens with one attached hydrogen (secondary N) is 1. The summed E-state index contributed by atoms with van der Waals surface area (Å²) in [5, 5.41) is 2.27. The van der Waals surface area contributed by atoms with E-state index < -0.39 is 0 Å². The molecule has 1 unspecified atom stereocenters. The van der Waals surface area contributed by atoms with Crippen molar-refractivity contribution in [2.24, 2.45) is 0 Å². The van der Waals surface area contributed by atoms with Gasteiger partial charge < -0.3 is 0 Å². The number of hydrogen-bond acceptors (Lipinski definition) is 2. The quantitative estimate of drug-likeness (QED) is 0.465. The number of amides is 2. The molecule has 0 bridgehead atoms. The van der Waals surface area contributed by atoms with Crippen LogP contribution in [0.3, 0.4) is 0 Å². The van der Waals surface area contributed by atoms with E-state index >= 15 is 0 Å². The van der Waals surface area contributed by atoms with Crippen LogP contribution in [0.25, 0.3) is 0 Å². The molecule has 0 aromatic heterocycles. The predicted molar refractivity (Wildman–Crippen MR) is 39.7 cm³/mol. The van der Waals surface area contributed by atoms with Gasteiger partial charge in [0.25, 0.3) is 0 Å². The molecule has 0 aromatic carbocycles. The summed E-state index contributed by atoms with van der Waals surface area (Å²) in [5.74, 6) is -0.366. The molecule has 1 aliphatic rings. The Bertz CT molecular complexity index is 169. The van der Waals surface area contributed by atoms with E-state index in [-0.39, 0.29) is 16.6 Å². The molecule has 1 rings (SSSR count). The van der Waals surface area contributed by atoms with E-state index in [0.717, 1.165) is 12.8 Å². The lowest BCUT2D eigenvalue weighted by Gasteiger charge is -2.00. The van der Waals surface area contributed by atoms with Crippen LogP contribution in [0.15, 0.2) is 0 Å². The van der Waals surface area contributed by atoms with Crippen LogP contribution in [0.2, 0.25) is 0 Å². The third-order valence-corrected chi connectivity index (χ3v) is 2.28. The lowest BCUT2D eigenvalue weighted by atomic mass is 10.2. The Balaban J connectivity index is 2.57. The largest absolute Gasteiger partial charge is 0.295 e. The van der Waals surface area contributed by atoms with Crippen molar-refractivity contribution in [1.82, 2.24) is 5.32 Å². The number of hydrogen-bond donors (Lipinski definition) is 1. The SMILES string of the molecule is O=C1CCCC(Br)C(=O)N1. The average molecular weight is 206 g/mol. The van der Waals surface area contributed by atoms with E-state index in [0.29, 0.717) is 6.42 Å². The van der Waals surface area contributed by atoms with Crippen LogP contribution in [-0.4, -0.2) is 16.6 Å². The van der Waals surface area contributed by atoms with Gasteiger partial charge in [0.05, 0.1) is 4.83 Å². The van der Waals surface area contributed by atoms with Crippen LogP contribution < -0.4 is 5.32 Å². The molecule has 1 saturated heterocycles. The van der Waals surface area contributed by atoms with Crippen LogP contribution in [-0.2, 0) is 9.59 Å². The van der Waals surface area contributed by atoms with Crippen molar-refractivity contribution >= 4 is 27.7 Å². The Hall–Kier alpha value is -0.380. The number of carbonyl (C=O) groups excluding carboxylic acids is 2. The van der Waals surface area contributed by atoms with Crippen LogP contribution in [0, 0.1) is 0 Å². The topological polar surface area (TPSA) is 46.2 Å². The molecule has 0 spiro atoms. The first-order valence-corrected chi connectivity index (χ1v) is 4.09. The van der Waals surface area contributed by atoms with Crippen molar-refractivity contribution < 1.29 is 9.59 Å². The van der Waals surface area contributed by atoms with Crippen molar-refractivity contribution in [1.29, 1.82) is 0 Å². The van der Waals surface area contributed by atoms with E-state index in [1.165, 1.54) is 0 Å². The molecule has 0 saturated carbocycles. The van der Waals surface area contributed by atoms with Crippen LogP contribution in [0.1, 0.15) is 19.3 Å². The van der Waals surface area contributed by atoms with Crippen molar-refractivity contribution in [3.8, 4) is 0 Å². The van der Waals surface area contributed by atoms with Gasteiger partial charge in [0, 0.05) is 6.42 Å². The summed E-state index contributed by atoms with van der Waals surface area (Å²) in [5.41, 5.74) is 0. The first kappa shape index (κ1) is 7.72. The molecule has 4 heteroatoms. The maximum Gasteiger partial charge on any atom is 0.240 e. The number of carbonyl (C=O) groups is 2. The Labute approximate surface area is 67.3 Å². The Kier molecular flexibility index (Phi) is 2.43. The predicted octanol–water partition coefficient (Wildman–Crippen LogP) is 0.577. The molecule has 3 nitrogen and oxygen atoms in total. The molecule has 1 aliphatic heterocycles. The van der Waals surface area contributed by atoms with Crippen LogP contribution >= 0.6 is 15.9 Å². The highest BCUT2D eigenvalue weighted by atomic mass is 79.9. The third-order valence-electron chi connectivity index (χ3n) is 1.41. The van der Waals surface area contributed by atoms with E-state index in [1.807, 2.05) is 0 Å².